The summed E-state index contributed by atoms with van der Waals surface area (Å²) in [6.45, 7) is 10.5. The largest absolute Gasteiger partial charge is 0.351 e. The van der Waals surface area contributed by atoms with Gasteiger partial charge in [0.25, 0.3) is 0 Å². The van der Waals surface area contributed by atoms with Gasteiger partial charge < -0.3 is 5.32 Å². The molecule has 0 spiro atoms. The third-order valence-electron chi connectivity index (χ3n) is 3.32. The van der Waals surface area contributed by atoms with Crippen molar-refractivity contribution in [1.29, 1.82) is 0 Å². The van der Waals surface area contributed by atoms with E-state index in [1.165, 1.54) is 17.3 Å². The first kappa shape index (κ1) is 17.5. The summed E-state index contributed by atoms with van der Waals surface area (Å²) < 4.78 is 1.74. The van der Waals surface area contributed by atoms with Crippen LogP contribution in [0.5, 0.6) is 0 Å². The van der Waals surface area contributed by atoms with Crippen LogP contribution in [0.4, 0.5) is 0 Å². The Morgan fingerprint density at radius 3 is 2.57 bits per heavy atom. The fourth-order valence-corrected chi connectivity index (χ4v) is 2.92. The van der Waals surface area contributed by atoms with E-state index in [1.807, 2.05) is 58.9 Å². The number of nitrogens with zero attached hydrogens (tertiary/aromatic N) is 4. The van der Waals surface area contributed by atoms with Crippen LogP contribution in [0.3, 0.4) is 0 Å². The van der Waals surface area contributed by atoms with Crippen molar-refractivity contribution in [1.82, 2.24) is 25.5 Å². The molecule has 0 aliphatic carbocycles. The molecule has 0 aliphatic rings. The second kappa shape index (κ2) is 7.12. The summed E-state index contributed by atoms with van der Waals surface area (Å²) in [5.41, 5.74) is 2.07. The highest BCUT2D eigenvalue weighted by atomic mass is 32.2. The lowest BCUT2D eigenvalue weighted by molar-refractivity contribution is -0.120. The maximum absolute atomic E-state index is 12.3. The molecule has 23 heavy (non-hydrogen) atoms. The predicted molar refractivity (Wildman–Crippen MR) is 91.2 cm³/mol. The molecule has 2 aromatic rings. The molecule has 124 valence electrons. The molecule has 1 aromatic heterocycles. The van der Waals surface area contributed by atoms with Crippen LogP contribution >= 0.6 is 11.8 Å². The van der Waals surface area contributed by atoms with Crippen molar-refractivity contribution in [3.05, 3.63) is 35.4 Å². The number of carbonyl (C=O) groups excluding carboxylic acids is 1. The van der Waals surface area contributed by atoms with Crippen LogP contribution in [0, 0.1) is 6.92 Å². The van der Waals surface area contributed by atoms with Crippen LogP contribution < -0.4 is 5.32 Å². The first-order valence-electron chi connectivity index (χ1n) is 7.56. The minimum Gasteiger partial charge on any atom is -0.351 e. The highest BCUT2D eigenvalue weighted by molar-refractivity contribution is 8.00. The Morgan fingerprint density at radius 1 is 1.30 bits per heavy atom. The van der Waals surface area contributed by atoms with Crippen LogP contribution in [0.15, 0.2) is 29.4 Å². The van der Waals surface area contributed by atoms with Gasteiger partial charge >= 0.3 is 0 Å². The molecule has 1 aromatic carbocycles. The van der Waals surface area contributed by atoms with Crippen molar-refractivity contribution in [3.63, 3.8) is 0 Å². The van der Waals surface area contributed by atoms with Crippen molar-refractivity contribution in [2.45, 2.75) is 57.1 Å². The van der Waals surface area contributed by atoms with Gasteiger partial charge in [0.05, 0.1) is 10.8 Å². The number of benzene rings is 1. The number of hydrogen-bond donors (Lipinski definition) is 1. The second-order valence-corrected chi connectivity index (χ2v) is 7.82. The highest BCUT2D eigenvalue weighted by Crippen LogP contribution is 2.25. The van der Waals surface area contributed by atoms with E-state index in [4.69, 9.17) is 0 Å². The molecule has 0 saturated carbocycles. The van der Waals surface area contributed by atoms with Crippen LogP contribution in [0.1, 0.15) is 38.8 Å². The van der Waals surface area contributed by atoms with Crippen molar-refractivity contribution < 1.29 is 4.79 Å². The zero-order valence-corrected chi connectivity index (χ0v) is 15.0. The highest BCUT2D eigenvalue weighted by Gasteiger charge is 2.23. The summed E-state index contributed by atoms with van der Waals surface area (Å²) >= 11 is 1.36. The minimum absolute atomic E-state index is 0.0287. The van der Waals surface area contributed by atoms with Gasteiger partial charge in [0, 0.05) is 6.54 Å². The predicted octanol–water partition coefficient (Wildman–Crippen LogP) is 2.53. The van der Waals surface area contributed by atoms with Crippen LogP contribution in [-0.2, 0) is 16.9 Å². The number of hydrogen-bond acceptors (Lipinski definition) is 5. The van der Waals surface area contributed by atoms with Gasteiger partial charge in [-0.3, -0.25) is 4.79 Å². The normalized spacial score (nSPS) is 12.9. The first-order chi connectivity index (χ1) is 10.8. The molecule has 1 N–H and O–H groups in total. The molecule has 1 heterocycles. The maximum atomic E-state index is 12.3. The molecule has 0 saturated heterocycles. The van der Waals surface area contributed by atoms with Gasteiger partial charge in [-0.1, -0.05) is 41.6 Å². The smallest absolute Gasteiger partial charge is 0.233 e. The van der Waals surface area contributed by atoms with Gasteiger partial charge in [-0.05, 0) is 50.6 Å². The fraction of sp³-hybridized carbons (Fsp3) is 0.500. The van der Waals surface area contributed by atoms with Gasteiger partial charge in [-0.25, -0.2) is 4.68 Å². The van der Waals surface area contributed by atoms with Gasteiger partial charge in [0.15, 0.2) is 0 Å². The second-order valence-electron chi connectivity index (χ2n) is 6.51. The fourth-order valence-electron chi connectivity index (χ4n) is 1.92. The number of tetrazole rings is 1. The summed E-state index contributed by atoms with van der Waals surface area (Å²) in [7, 11) is 0. The molecule has 6 nitrogen and oxygen atoms in total. The Morgan fingerprint density at radius 2 is 1.96 bits per heavy atom. The zero-order chi connectivity index (χ0) is 17.0. The summed E-state index contributed by atoms with van der Waals surface area (Å²) in [4.78, 5) is 12.3. The summed E-state index contributed by atoms with van der Waals surface area (Å²) in [5, 5.41) is 15.1. The zero-order valence-electron chi connectivity index (χ0n) is 14.2. The minimum atomic E-state index is -0.271. The molecular weight excluding hydrogens is 310 g/mol. The first-order valence-corrected chi connectivity index (χ1v) is 8.44. The van der Waals surface area contributed by atoms with Crippen LogP contribution in [-0.4, -0.2) is 31.4 Å². The standard InChI is InChI=1S/C16H23N5OS/c1-11-6-8-13(9-7-11)10-17-14(22)12(2)23-15-18-19-20-21(15)16(3,4)5/h6-9,12H,10H2,1-5H3,(H,17,22). The van der Waals surface area contributed by atoms with Gasteiger partial charge in [0.1, 0.15) is 0 Å². The lowest BCUT2D eigenvalue weighted by Gasteiger charge is -2.20. The Bertz CT molecular complexity index is 660. The molecule has 7 heteroatoms. The molecule has 1 amide bonds. The Labute approximate surface area is 141 Å². The van der Waals surface area contributed by atoms with E-state index in [9.17, 15) is 4.79 Å². The summed E-state index contributed by atoms with van der Waals surface area (Å²) in [6.07, 6.45) is 0. The van der Waals surface area contributed by atoms with E-state index in [-0.39, 0.29) is 16.7 Å². The number of nitrogens with one attached hydrogen (secondary N) is 1. The molecule has 0 aliphatic heterocycles. The Kier molecular flexibility index (Phi) is 5.41. The third-order valence-corrected chi connectivity index (χ3v) is 4.35. The molecular formula is C16H23N5OS. The number of aromatic nitrogens is 4. The summed E-state index contributed by atoms with van der Waals surface area (Å²) in [6, 6.07) is 8.12. The van der Waals surface area contributed by atoms with Gasteiger partial charge in [-0.2, -0.15) is 0 Å². The topological polar surface area (TPSA) is 72.7 Å². The number of aryl methyl sites for hydroxylation is 1. The van der Waals surface area contributed by atoms with Crippen molar-refractivity contribution in [2.75, 3.05) is 0 Å². The monoisotopic (exact) mass is 333 g/mol. The average Bonchev–Trinajstić information content (AvgIpc) is 2.94. The van der Waals surface area contributed by atoms with Crippen molar-refractivity contribution >= 4 is 17.7 Å². The number of carbonyl (C=O) groups is 1. The molecule has 0 radical (unpaired) electrons. The lowest BCUT2D eigenvalue weighted by atomic mass is 10.1. The van der Waals surface area contributed by atoms with Crippen molar-refractivity contribution in [3.8, 4) is 0 Å². The maximum Gasteiger partial charge on any atom is 0.233 e. The van der Waals surface area contributed by atoms with Crippen molar-refractivity contribution in [2.24, 2.45) is 0 Å². The van der Waals surface area contributed by atoms with Gasteiger partial charge in [-0.15, -0.1) is 5.10 Å². The molecule has 1 unspecified atom stereocenters. The lowest BCUT2D eigenvalue weighted by Crippen LogP contribution is -2.31. The number of thioether (sulfide) groups is 1. The van der Waals surface area contributed by atoms with Crippen LogP contribution in [0.2, 0.25) is 0 Å². The molecule has 0 bridgehead atoms. The number of amides is 1. The molecule has 0 fully saturated rings. The molecule has 2 rings (SSSR count). The summed E-state index contributed by atoms with van der Waals surface area (Å²) in [5.74, 6) is -0.0287. The van der Waals surface area contributed by atoms with E-state index in [1.54, 1.807) is 4.68 Å². The van der Waals surface area contributed by atoms with E-state index >= 15 is 0 Å². The number of rotatable bonds is 5. The quantitative estimate of drug-likeness (QED) is 0.851. The van der Waals surface area contributed by atoms with E-state index in [2.05, 4.69) is 20.8 Å². The van der Waals surface area contributed by atoms with E-state index in [0.29, 0.717) is 11.7 Å². The molecule has 1 atom stereocenters. The average molecular weight is 333 g/mol. The van der Waals surface area contributed by atoms with E-state index < -0.39 is 0 Å². The Hall–Kier alpha value is -1.89. The van der Waals surface area contributed by atoms with Gasteiger partial charge in [0.2, 0.25) is 11.1 Å². The third kappa shape index (κ3) is 4.79. The van der Waals surface area contributed by atoms with E-state index in [0.717, 1.165) is 5.56 Å². The van der Waals surface area contributed by atoms with Crippen LogP contribution in [0.25, 0.3) is 0 Å². The SMILES string of the molecule is Cc1ccc(CNC(=O)C(C)Sc2nnnn2C(C)(C)C)cc1. The Balaban J connectivity index is 1.93.